The molecule has 0 saturated heterocycles. The lowest BCUT2D eigenvalue weighted by Crippen LogP contribution is -2.26. The Morgan fingerprint density at radius 1 is 0.134 bits per heavy atom. The Labute approximate surface area is 655 Å². The Kier molecular flexibility index (Phi) is 21.4. The summed E-state index contributed by atoms with van der Waals surface area (Å²) < 4.78 is 38.0. The predicted octanol–water partition coefficient (Wildman–Crippen LogP) is 24.1. The van der Waals surface area contributed by atoms with Crippen LogP contribution in [-0.4, -0.2) is 0 Å². The Balaban J connectivity index is 0.000000151. The van der Waals surface area contributed by atoms with Crippen molar-refractivity contribution >= 4 is 158 Å². The van der Waals surface area contributed by atoms with Crippen LogP contribution in [0.4, 0.5) is 22.7 Å². The smallest absolute Gasteiger partial charge is 0.145 e. The lowest BCUT2D eigenvalue weighted by Gasteiger charge is -2.27. The van der Waals surface area contributed by atoms with E-state index in [0.717, 1.165) is 130 Å². The number of nitrogens with zero attached hydrogens (tertiary/aromatic N) is 4. The average Bonchev–Trinajstić information content (AvgIpc) is 1.53. The molecule has 2 aromatic heterocycles. The minimum atomic E-state index is -2.69. The summed E-state index contributed by atoms with van der Waals surface area (Å²) in [4.78, 5) is 0. The highest BCUT2D eigenvalue weighted by Crippen LogP contribution is 2.57. The van der Waals surface area contributed by atoms with E-state index in [1.54, 1.807) is 0 Å². The Morgan fingerprint density at radius 3 is 0.420 bits per heavy atom. The third-order valence-corrected chi connectivity index (χ3v) is 34.8. The van der Waals surface area contributed by atoms with Crippen molar-refractivity contribution in [2.45, 2.75) is 0 Å². The molecular formula is C102H78N4O2P4. The summed E-state index contributed by atoms with van der Waals surface area (Å²) in [5.41, 5.74) is 7.15. The van der Waals surface area contributed by atoms with Crippen molar-refractivity contribution < 1.29 is 8.83 Å². The van der Waals surface area contributed by atoms with Gasteiger partial charge in [-0.15, -0.1) is 0 Å². The second-order valence-electron chi connectivity index (χ2n) is 26.9. The third kappa shape index (κ3) is 14.1. The van der Waals surface area contributed by atoms with Gasteiger partial charge in [0.2, 0.25) is 0 Å². The van der Waals surface area contributed by atoms with Gasteiger partial charge in [0.05, 0.1) is 51.0 Å². The fraction of sp³-hybridized carbons (Fsp3) is 0. The van der Waals surface area contributed by atoms with Crippen molar-refractivity contribution in [1.82, 2.24) is 0 Å². The fourth-order valence-corrected chi connectivity index (χ4v) is 29.8. The van der Waals surface area contributed by atoms with Gasteiger partial charge >= 0.3 is 0 Å². The molecule has 0 aliphatic rings. The van der Waals surface area contributed by atoms with E-state index in [0.29, 0.717) is 0 Å². The molecule has 19 rings (SSSR count). The van der Waals surface area contributed by atoms with E-state index in [1.165, 1.54) is 0 Å². The minimum Gasteiger partial charge on any atom is -0.455 e. The first kappa shape index (κ1) is 72.1. The van der Waals surface area contributed by atoms with E-state index in [9.17, 15) is 0 Å². The molecule has 538 valence electrons. The van der Waals surface area contributed by atoms with Crippen LogP contribution in [0.15, 0.2) is 501 Å². The highest BCUT2D eigenvalue weighted by molar-refractivity contribution is 7.89. The molecule has 112 heavy (non-hydrogen) atoms. The van der Waals surface area contributed by atoms with E-state index in [-0.39, 0.29) is 0 Å². The van der Waals surface area contributed by atoms with Gasteiger partial charge in [-0.1, -0.05) is 400 Å². The molecule has 0 spiro atoms. The first-order valence-electron chi connectivity index (χ1n) is 37.6. The van der Waals surface area contributed by atoms with Gasteiger partial charge in [0, 0.05) is 85.2 Å². The van der Waals surface area contributed by atoms with Gasteiger partial charge in [-0.05, 0) is 72.8 Å². The van der Waals surface area contributed by atoms with Gasteiger partial charge < -0.3 is 8.83 Å². The van der Waals surface area contributed by atoms with Crippen LogP contribution in [0.5, 0.6) is 0 Å². The molecule has 0 saturated carbocycles. The molecule has 2 heterocycles. The van der Waals surface area contributed by atoms with Crippen LogP contribution in [0.3, 0.4) is 0 Å². The Bertz CT molecular complexity index is 5630. The van der Waals surface area contributed by atoms with Crippen molar-refractivity contribution in [2.75, 3.05) is 0 Å². The molecule has 0 atom stereocenters. The summed E-state index contributed by atoms with van der Waals surface area (Å²) >= 11 is 0. The highest BCUT2D eigenvalue weighted by atomic mass is 31.2. The largest absolute Gasteiger partial charge is 0.455 e. The average molecular weight is 1520 g/mol. The third-order valence-electron chi connectivity index (χ3n) is 20.2. The molecule has 19 aromatic rings. The number of benzene rings is 17. The van der Waals surface area contributed by atoms with Crippen molar-refractivity contribution in [3.63, 3.8) is 0 Å². The zero-order chi connectivity index (χ0) is 75.3. The second kappa shape index (κ2) is 33.2. The first-order chi connectivity index (χ1) is 55.5. The monoisotopic (exact) mass is 1510 g/mol. The maximum absolute atomic E-state index is 7.42. The Morgan fingerprint density at radius 2 is 0.268 bits per heavy atom. The summed E-state index contributed by atoms with van der Waals surface area (Å²) in [6.45, 7) is 0. The van der Waals surface area contributed by atoms with Crippen molar-refractivity contribution in [1.29, 1.82) is 0 Å². The van der Waals surface area contributed by atoms with E-state index >= 15 is 0 Å². The summed E-state index contributed by atoms with van der Waals surface area (Å²) in [6, 6.07) is 166. The minimum absolute atomic E-state index is 0.856. The topological polar surface area (TPSA) is 75.7 Å². The SMILES string of the molecule is c1ccc(N=P(c2ccccc2)(c2ccccc2)c2cccc3c2oc2c(P(=Nc4ccccc4)(c4ccccc4)c4ccccc4)cccc23)cc1.c1ccc(N=P(c2ccccc2)(c2ccccc2)c2cccc3c2oc2c(P(=Nc4ccccc4)(c4ccccc4)c4ccccc4)cccc23)cc1.c1ccccc1. The number of hydrogen-bond acceptors (Lipinski definition) is 6. The number of hydrogen-bond donors (Lipinski definition) is 0. The molecule has 17 aromatic carbocycles. The standard InChI is InChI=1S/2C48H36N2OP2.C6H6/c2*1-7-21-37(22-8-1)49-52(39-25-11-3-12-26-39,40-27-13-4-14-28-40)45-35-19-33-43-44-34-20-36-46(48(44)51-47(43)45)53(41-29-15-5-16-30-41,42-31-17-6-18-32-42)50-38-23-9-2-10-24-38;1-2-4-6-5-3-1/h2*1-36H;1-6H. The van der Waals surface area contributed by atoms with Crippen molar-refractivity contribution in [3.8, 4) is 0 Å². The van der Waals surface area contributed by atoms with Crippen LogP contribution >= 0.6 is 28.2 Å². The van der Waals surface area contributed by atoms with Crippen LogP contribution in [0, 0.1) is 0 Å². The maximum Gasteiger partial charge on any atom is 0.145 e. The van der Waals surface area contributed by atoms with Crippen LogP contribution in [-0.2, 0) is 0 Å². The second-order valence-corrected chi connectivity index (χ2v) is 38.9. The highest BCUT2D eigenvalue weighted by Gasteiger charge is 2.37. The molecule has 0 radical (unpaired) electrons. The van der Waals surface area contributed by atoms with Crippen LogP contribution in [0.2, 0.25) is 0 Å². The van der Waals surface area contributed by atoms with E-state index < -0.39 is 28.2 Å². The molecule has 0 unspecified atom stereocenters. The van der Waals surface area contributed by atoms with E-state index in [1.807, 2.05) is 60.7 Å². The lowest BCUT2D eigenvalue weighted by molar-refractivity contribution is 0.674. The quantitative estimate of drug-likeness (QED) is 0.0904. The Hall–Kier alpha value is -12.7. The van der Waals surface area contributed by atoms with Gasteiger partial charge in [0.25, 0.3) is 0 Å². The van der Waals surface area contributed by atoms with Crippen molar-refractivity contribution in [2.24, 2.45) is 19.0 Å². The zero-order valence-electron chi connectivity index (χ0n) is 61.4. The number of furan rings is 2. The van der Waals surface area contributed by atoms with Gasteiger partial charge in [-0.2, -0.15) is 0 Å². The molecule has 6 nitrogen and oxygen atoms in total. The van der Waals surface area contributed by atoms with Gasteiger partial charge in [0.1, 0.15) is 22.3 Å². The molecule has 0 fully saturated rings. The normalized spacial score (nSPS) is 11.6. The first-order valence-corrected chi connectivity index (χ1v) is 44.6. The number of fused-ring (bicyclic) bond motifs is 6. The molecular weight excluding hydrogens is 1440 g/mol. The van der Waals surface area contributed by atoms with Gasteiger partial charge in [-0.25, -0.2) is 0 Å². The zero-order valence-corrected chi connectivity index (χ0v) is 65.0. The number of para-hydroxylation sites is 4. The molecule has 0 aliphatic carbocycles. The van der Waals surface area contributed by atoms with E-state index in [4.69, 9.17) is 27.8 Å². The predicted molar refractivity (Wildman–Crippen MR) is 483 cm³/mol. The maximum atomic E-state index is 7.42. The summed E-state index contributed by atoms with van der Waals surface area (Å²) in [7, 11) is -10.7. The molecule has 10 heteroatoms. The van der Waals surface area contributed by atoms with Crippen LogP contribution in [0.25, 0.3) is 43.9 Å². The lowest BCUT2D eigenvalue weighted by atomic mass is 10.1. The summed E-state index contributed by atoms with van der Waals surface area (Å²) in [5.74, 6) is 0. The van der Waals surface area contributed by atoms with Crippen LogP contribution in [0.1, 0.15) is 0 Å². The van der Waals surface area contributed by atoms with E-state index in [2.05, 4.69) is 413 Å². The van der Waals surface area contributed by atoms with Gasteiger partial charge in [-0.3, -0.25) is 19.0 Å². The fourth-order valence-electron chi connectivity index (χ4n) is 15.2. The molecule has 0 aliphatic heterocycles. The number of rotatable bonds is 16. The molecule has 0 amide bonds. The van der Waals surface area contributed by atoms with Crippen molar-refractivity contribution in [3.05, 3.63) is 473 Å². The van der Waals surface area contributed by atoms with Crippen LogP contribution < -0.4 is 63.7 Å². The summed E-state index contributed by atoms with van der Waals surface area (Å²) in [6.07, 6.45) is 0. The van der Waals surface area contributed by atoms with Gasteiger partial charge in [0.15, 0.2) is 0 Å². The molecule has 0 bridgehead atoms. The molecule has 0 N–H and O–H groups in total. The summed E-state index contributed by atoms with van der Waals surface area (Å²) in [5, 5.41) is 17.9.